The minimum absolute atomic E-state index is 0.00450. The first kappa shape index (κ1) is 24.3. The molecule has 1 fully saturated rings. The van der Waals surface area contributed by atoms with Gasteiger partial charge in [-0.25, -0.2) is 0 Å². The number of aromatic nitrogens is 3. The average molecular weight is 479 g/mol. The molecule has 1 aromatic heterocycles. The first-order chi connectivity index (χ1) is 16.5. The largest absolute Gasteiger partial charge is 0.486 e. The SMILES string of the molecule is CCc1ccc(OCc2nnc(SC(C)C(=O)NC3CCCC3)n2C(C)c2ccccc2)cc1. The molecule has 1 aliphatic rings. The fourth-order valence-corrected chi connectivity index (χ4v) is 5.28. The van der Waals surface area contributed by atoms with Gasteiger partial charge in [0.1, 0.15) is 12.4 Å². The van der Waals surface area contributed by atoms with Crippen LogP contribution < -0.4 is 10.1 Å². The van der Waals surface area contributed by atoms with Crippen molar-refractivity contribution in [1.29, 1.82) is 0 Å². The van der Waals surface area contributed by atoms with E-state index in [1.165, 1.54) is 30.2 Å². The molecule has 34 heavy (non-hydrogen) atoms. The highest BCUT2D eigenvalue weighted by atomic mass is 32.2. The fourth-order valence-electron chi connectivity index (χ4n) is 4.33. The van der Waals surface area contributed by atoms with Crippen LogP contribution in [-0.2, 0) is 17.8 Å². The van der Waals surface area contributed by atoms with Gasteiger partial charge in [-0.05, 0) is 56.4 Å². The van der Waals surface area contributed by atoms with Crippen molar-refractivity contribution < 1.29 is 9.53 Å². The molecule has 3 aromatic rings. The topological polar surface area (TPSA) is 69.0 Å². The first-order valence-electron chi connectivity index (χ1n) is 12.2. The Hall–Kier alpha value is -2.80. The maximum atomic E-state index is 12.8. The average Bonchev–Trinajstić information content (AvgIpc) is 3.53. The second kappa shape index (κ2) is 11.6. The summed E-state index contributed by atoms with van der Waals surface area (Å²) in [5.41, 5.74) is 2.43. The van der Waals surface area contributed by atoms with E-state index in [0.717, 1.165) is 41.6 Å². The maximum Gasteiger partial charge on any atom is 0.233 e. The molecule has 0 saturated heterocycles. The number of nitrogens with one attached hydrogen (secondary N) is 1. The van der Waals surface area contributed by atoms with Crippen LogP contribution in [0.15, 0.2) is 59.8 Å². The fraction of sp³-hybridized carbons (Fsp3) is 0.444. The molecule has 0 radical (unpaired) electrons. The molecule has 1 N–H and O–H groups in total. The summed E-state index contributed by atoms with van der Waals surface area (Å²) in [6.45, 7) is 6.51. The third-order valence-electron chi connectivity index (χ3n) is 6.46. The van der Waals surface area contributed by atoms with E-state index in [9.17, 15) is 4.79 Å². The Morgan fingerprint density at radius 2 is 1.79 bits per heavy atom. The predicted molar refractivity (Wildman–Crippen MR) is 136 cm³/mol. The molecule has 4 rings (SSSR count). The lowest BCUT2D eigenvalue weighted by molar-refractivity contribution is -0.120. The third kappa shape index (κ3) is 6.00. The summed E-state index contributed by atoms with van der Waals surface area (Å²) in [5, 5.41) is 12.6. The van der Waals surface area contributed by atoms with Crippen LogP contribution >= 0.6 is 11.8 Å². The van der Waals surface area contributed by atoms with Gasteiger partial charge < -0.3 is 10.1 Å². The summed E-state index contributed by atoms with van der Waals surface area (Å²) in [5.74, 6) is 1.60. The van der Waals surface area contributed by atoms with Gasteiger partial charge in [0.25, 0.3) is 0 Å². The molecule has 0 bridgehead atoms. The van der Waals surface area contributed by atoms with Crippen molar-refractivity contribution in [2.75, 3.05) is 0 Å². The summed E-state index contributed by atoms with van der Waals surface area (Å²) >= 11 is 1.45. The van der Waals surface area contributed by atoms with Crippen LogP contribution in [0.3, 0.4) is 0 Å². The molecule has 1 heterocycles. The number of ether oxygens (including phenoxy) is 1. The number of rotatable bonds is 10. The van der Waals surface area contributed by atoms with Crippen molar-refractivity contribution in [2.45, 2.75) is 82.0 Å². The van der Waals surface area contributed by atoms with Crippen molar-refractivity contribution in [3.05, 3.63) is 71.5 Å². The zero-order valence-corrected chi connectivity index (χ0v) is 21.1. The summed E-state index contributed by atoms with van der Waals surface area (Å²) in [6.07, 6.45) is 5.53. The monoisotopic (exact) mass is 478 g/mol. The molecule has 2 aromatic carbocycles. The van der Waals surface area contributed by atoms with E-state index >= 15 is 0 Å². The van der Waals surface area contributed by atoms with Gasteiger partial charge in [-0.1, -0.05) is 74.0 Å². The highest BCUT2D eigenvalue weighted by molar-refractivity contribution is 8.00. The van der Waals surface area contributed by atoms with Crippen molar-refractivity contribution >= 4 is 17.7 Å². The summed E-state index contributed by atoms with van der Waals surface area (Å²) in [6, 6.07) is 18.7. The van der Waals surface area contributed by atoms with Gasteiger partial charge in [-0.2, -0.15) is 0 Å². The molecule has 2 atom stereocenters. The number of nitrogens with zero attached hydrogens (tertiary/aromatic N) is 3. The maximum absolute atomic E-state index is 12.8. The number of carbonyl (C=O) groups excluding carboxylic acids is 1. The highest BCUT2D eigenvalue weighted by Crippen LogP contribution is 2.30. The summed E-state index contributed by atoms with van der Waals surface area (Å²) in [7, 11) is 0. The Kier molecular flexibility index (Phi) is 8.27. The minimum Gasteiger partial charge on any atom is -0.486 e. The van der Waals surface area contributed by atoms with E-state index in [4.69, 9.17) is 4.74 Å². The number of carbonyl (C=O) groups is 1. The molecule has 2 unspecified atom stereocenters. The van der Waals surface area contributed by atoms with Gasteiger partial charge >= 0.3 is 0 Å². The van der Waals surface area contributed by atoms with Gasteiger partial charge in [-0.3, -0.25) is 9.36 Å². The Morgan fingerprint density at radius 1 is 1.09 bits per heavy atom. The molecule has 1 aliphatic carbocycles. The number of benzene rings is 2. The zero-order valence-electron chi connectivity index (χ0n) is 20.2. The van der Waals surface area contributed by atoms with E-state index in [2.05, 4.69) is 58.2 Å². The van der Waals surface area contributed by atoms with Crippen LogP contribution in [0.4, 0.5) is 0 Å². The van der Waals surface area contributed by atoms with Crippen molar-refractivity contribution in [3.8, 4) is 5.75 Å². The quantitative estimate of drug-likeness (QED) is 0.386. The van der Waals surface area contributed by atoms with E-state index < -0.39 is 0 Å². The first-order valence-corrected chi connectivity index (χ1v) is 13.1. The van der Waals surface area contributed by atoms with E-state index in [0.29, 0.717) is 12.6 Å². The minimum atomic E-state index is -0.262. The highest BCUT2D eigenvalue weighted by Gasteiger charge is 2.26. The van der Waals surface area contributed by atoms with Crippen LogP contribution in [0.25, 0.3) is 0 Å². The predicted octanol–water partition coefficient (Wildman–Crippen LogP) is 5.57. The lowest BCUT2D eigenvalue weighted by Gasteiger charge is -2.20. The molecule has 0 aliphatic heterocycles. The lowest BCUT2D eigenvalue weighted by Crippen LogP contribution is -2.37. The second-order valence-corrected chi connectivity index (χ2v) is 10.2. The van der Waals surface area contributed by atoms with Gasteiger partial charge in [0.15, 0.2) is 11.0 Å². The van der Waals surface area contributed by atoms with Crippen LogP contribution in [0.5, 0.6) is 5.75 Å². The smallest absolute Gasteiger partial charge is 0.233 e. The van der Waals surface area contributed by atoms with Crippen molar-refractivity contribution in [1.82, 2.24) is 20.1 Å². The molecule has 6 nitrogen and oxygen atoms in total. The number of thioether (sulfide) groups is 1. The molecule has 180 valence electrons. The molecular formula is C27H34N4O2S. The van der Waals surface area contributed by atoms with E-state index in [-0.39, 0.29) is 17.2 Å². The zero-order chi connectivity index (χ0) is 23.9. The van der Waals surface area contributed by atoms with Crippen LogP contribution in [0, 0.1) is 0 Å². The Labute approximate surface area is 206 Å². The van der Waals surface area contributed by atoms with Crippen LogP contribution in [0.1, 0.15) is 69.4 Å². The molecule has 1 saturated carbocycles. The van der Waals surface area contributed by atoms with Gasteiger partial charge in [-0.15, -0.1) is 10.2 Å². The number of aryl methyl sites for hydroxylation is 1. The summed E-state index contributed by atoms with van der Waals surface area (Å²) in [4.78, 5) is 12.8. The van der Waals surface area contributed by atoms with Gasteiger partial charge in [0.2, 0.25) is 5.91 Å². The normalized spacial score (nSPS) is 15.7. The Morgan fingerprint density at radius 3 is 2.47 bits per heavy atom. The number of hydrogen-bond donors (Lipinski definition) is 1. The number of hydrogen-bond acceptors (Lipinski definition) is 5. The molecule has 0 spiro atoms. The molecule has 7 heteroatoms. The lowest BCUT2D eigenvalue weighted by atomic mass is 10.1. The van der Waals surface area contributed by atoms with Crippen molar-refractivity contribution in [3.63, 3.8) is 0 Å². The van der Waals surface area contributed by atoms with Crippen molar-refractivity contribution in [2.24, 2.45) is 0 Å². The third-order valence-corrected chi connectivity index (χ3v) is 7.51. The second-order valence-electron chi connectivity index (χ2n) is 8.89. The van der Waals surface area contributed by atoms with E-state index in [1.807, 2.05) is 37.3 Å². The molecular weight excluding hydrogens is 444 g/mol. The Balaban J connectivity index is 1.52. The van der Waals surface area contributed by atoms with E-state index in [1.54, 1.807) is 0 Å². The summed E-state index contributed by atoms with van der Waals surface area (Å²) < 4.78 is 8.16. The Bertz CT molecular complexity index is 1060. The number of amides is 1. The molecule has 1 amide bonds. The standard InChI is InChI=1S/C27H34N4O2S/c1-4-21-14-16-24(17-15-21)33-18-25-29-30-27(31(25)19(2)22-10-6-5-7-11-22)34-20(3)26(32)28-23-12-8-9-13-23/h5-7,10-11,14-17,19-20,23H,4,8-9,12-13,18H2,1-3H3,(H,28,32). The van der Waals surface area contributed by atoms with Crippen LogP contribution in [-0.4, -0.2) is 32.0 Å². The van der Waals surface area contributed by atoms with Gasteiger partial charge in [0, 0.05) is 6.04 Å². The van der Waals surface area contributed by atoms with Crippen LogP contribution in [0.2, 0.25) is 0 Å². The van der Waals surface area contributed by atoms with Gasteiger partial charge in [0.05, 0.1) is 11.3 Å².